The standard InChI is InChI=1S/C11H15NO2/c1-8(12-2)5-9-3-4-10-11(6-9)14-7-13-10/h3-4,6,8,12H,5,7H2,1-2H3/i2D3,3D,4D,5D2,6D,8D/hD. The molecule has 1 aliphatic rings. The Labute approximate surface area is 98.1 Å². The third kappa shape index (κ3) is 1.82. The second kappa shape index (κ2) is 3.88. The van der Waals surface area contributed by atoms with E-state index in [0.717, 1.165) is 6.92 Å². The number of likely N-dealkylation sites (N-methyl/N-ethyl adjacent to an activating group) is 1. The van der Waals surface area contributed by atoms with Gasteiger partial charge in [-0.05, 0) is 37.9 Å². The van der Waals surface area contributed by atoms with Gasteiger partial charge in [0.25, 0.3) is 0 Å². The highest BCUT2D eigenvalue weighted by atomic mass is 16.7. The number of ether oxygens (including phenoxy) is 2. The minimum Gasteiger partial charge on any atom is -0.454 e. The Kier molecular flexibility index (Phi) is 0.869. The van der Waals surface area contributed by atoms with Crippen LogP contribution in [0.4, 0.5) is 0 Å². The maximum Gasteiger partial charge on any atom is 0.231 e. The van der Waals surface area contributed by atoms with Gasteiger partial charge < -0.3 is 14.8 Å². The van der Waals surface area contributed by atoms with Gasteiger partial charge in [-0.1, -0.05) is 6.04 Å². The first-order chi connectivity index (χ1) is 10.7. The Hall–Kier alpha value is -1.22. The summed E-state index contributed by atoms with van der Waals surface area (Å²) in [5.41, 5.74) is -0.698. The molecule has 3 heteroatoms. The molecule has 2 rings (SSSR count). The highest BCUT2D eigenvalue weighted by Crippen LogP contribution is 2.32. The maximum atomic E-state index is 8.17. The van der Waals surface area contributed by atoms with Crippen molar-refractivity contribution < 1.29 is 23.2 Å². The van der Waals surface area contributed by atoms with Crippen molar-refractivity contribution in [1.82, 2.24) is 5.31 Å². The van der Waals surface area contributed by atoms with Gasteiger partial charge in [0.2, 0.25) is 6.79 Å². The van der Waals surface area contributed by atoms with E-state index in [4.69, 9.17) is 23.2 Å². The van der Waals surface area contributed by atoms with Crippen LogP contribution in [0.5, 0.6) is 11.5 Å². The van der Waals surface area contributed by atoms with E-state index < -0.39 is 43.1 Å². The Morgan fingerprint density at radius 2 is 2.64 bits per heavy atom. The van der Waals surface area contributed by atoms with Gasteiger partial charge in [0.05, 0.1) is 4.11 Å². The van der Waals surface area contributed by atoms with Crippen molar-refractivity contribution >= 4 is 0 Å². The van der Waals surface area contributed by atoms with Crippen LogP contribution in [0, 0.1) is 0 Å². The zero-order chi connectivity index (χ0) is 18.7. The zero-order valence-electron chi connectivity index (χ0n) is 17.5. The molecule has 0 aliphatic carbocycles. The highest BCUT2D eigenvalue weighted by molar-refractivity contribution is 5.44. The van der Waals surface area contributed by atoms with Gasteiger partial charge in [0.15, 0.2) is 11.5 Å². The average molecular weight is 203 g/mol. The molecule has 1 aliphatic heterocycles. The van der Waals surface area contributed by atoms with Crippen LogP contribution in [-0.4, -0.2) is 19.8 Å². The molecule has 0 radical (unpaired) electrons. The fourth-order valence-corrected chi connectivity index (χ4v) is 1.000. The molecule has 0 saturated heterocycles. The summed E-state index contributed by atoms with van der Waals surface area (Å²) in [6.45, 7) is -2.52. The Balaban J connectivity index is 2.69. The largest absolute Gasteiger partial charge is 0.454 e. The van der Waals surface area contributed by atoms with Crippen molar-refractivity contribution in [3.8, 4) is 11.5 Å². The van der Waals surface area contributed by atoms with Crippen molar-refractivity contribution in [2.45, 2.75) is 19.3 Å². The molecular weight excluding hydrogens is 178 g/mol. The van der Waals surface area contributed by atoms with Gasteiger partial charge >= 0.3 is 0 Å². The van der Waals surface area contributed by atoms with Crippen molar-refractivity contribution in [3.05, 3.63) is 23.7 Å². The van der Waals surface area contributed by atoms with Crippen molar-refractivity contribution in [1.29, 1.82) is 0 Å². The lowest BCUT2D eigenvalue weighted by Gasteiger charge is -2.09. The Morgan fingerprint density at radius 1 is 1.79 bits per heavy atom. The third-order valence-electron chi connectivity index (χ3n) is 1.63. The summed E-state index contributed by atoms with van der Waals surface area (Å²) < 4.78 is 87.5. The van der Waals surface area contributed by atoms with E-state index >= 15 is 0 Å². The van der Waals surface area contributed by atoms with Crippen LogP contribution in [0.2, 0.25) is 1.41 Å². The van der Waals surface area contributed by atoms with Gasteiger partial charge in [-0.25, -0.2) is 0 Å². The van der Waals surface area contributed by atoms with Crippen LogP contribution >= 0.6 is 0 Å². The molecule has 0 bridgehead atoms. The van der Waals surface area contributed by atoms with Gasteiger partial charge in [-0.15, -0.1) is 0 Å². The zero-order valence-corrected chi connectivity index (χ0v) is 7.47. The Bertz CT molecular complexity index is 672. The summed E-state index contributed by atoms with van der Waals surface area (Å²) in [6, 6.07) is -4.53. The smallest absolute Gasteiger partial charge is 0.231 e. The number of fused-ring (bicyclic) bond motifs is 1. The molecule has 0 amide bonds. The first-order valence-corrected chi connectivity index (χ1v) is 3.93. The lowest BCUT2D eigenvalue weighted by atomic mass is 10.1. The molecule has 14 heavy (non-hydrogen) atoms. The topological polar surface area (TPSA) is 30.5 Å². The van der Waals surface area contributed by atoms with Crippen LogP contribution in [0.25, 0.3) is 0 Å². The Morgan fingerprint density at radius 3 is 3.50 bits per heavy atom. The van der Waals surface area contributed by atoms with E-state index in [2.05, 4.69) is 0 Å². The molecule has 1 aromatic carbocycles. The van der Waals surface area contributed by atoms with Gasteiger partial charge in [0, 0.05) is 14.2 Å². The van der Waals surface area contributed by atoms with Crippen molar-refractivity contribution in [2.75, 3.05) is 13.8 Å². The predicted molar refractivity (Wildman–Crippen MR) is 54.8 cm³/mol. The molecule has 0 saturated carbocycles. The lowest BCUT2D eigenvalue weighted by Crippen LogP contribution is -2.23. The molecule has 0 fully saturated rings. The first kappa shape index (κ1) is 3.14. The van der Waals surface area contributed by atoms with E-state index in [9.17, 15) is 0 Å². The molecule has 1 atom stereocenters. The number of hydrogen-bond donors (Lipinski definition) is 1. The SMILES string of the molecule is [2H]c1c([2H])c(C([2H])([2H])C([2H])(C)N([2H])C([2H])([2H])[2H])c([2H])c2c1OCO2. The second-order valence-electron chi connectivity index (χ2n) is 2.64. The maximum absolute atomic E-state index is 8.17. The molecule has 1 N–H and O–H groups in total. The normalized spacial score (nSPS) is 30.4. The predicted octanol–water partition coefficient (Wildman–Crippen LogP) is 1.57. The van der Waals surface area contributed by atoms with Crippen LogP contribution in [0.15, 0.2) is 18.1 Å². The lowest BCUT2D eigenvalue weighted by molar-refractivity contribution is 0.174. The number of hydrogen-bond acceptors (Lipinski definition) is 3. The molecule has 0 aromatic heterocycles. The summed E-state index contributed by atoms with van der Waals surface area (Å²) in [5, 5.41) is -0.201. The summed E-state index contributed by atoms with van der Waals surface area (Å²) >= 11 is 0. The molecule has 76 valence electrons. The van der Waals surface area contributed by atoms with Crippen LogP contribution in [0.3, 0.4) is 0 Å². The van der Waals surface area contributed by atoms with Gasteiger partial charge in [-0.3, -0.25) is 0 Å². The summed E-state index contributed by atoms with van der Waals surface area (Å²) in [4.78, 5) is 0. The number of benzene rings is 1. The fraction of sp³-hybridized carbons (Fsp3) is 0.455. The van der Waals surface area contributed by atoms with E-state index in [0.29, 0.717) is 0 Å². The first-order valence-electron chi connectivity index (χ1n) is 8.88. The molecule has 0 spiro atoms. The quantitative estimate of drug-likeness (QED) is 0.809. The van der Waals surface area contributed by atoms with Gasteiger partial charge in [0.1, 0.15) is 1.41 Å². The van der Waals surface area contributed by atoms with E-state index in [1.165, 1.54) is 0 Å². The fourth-order valence-electron chi connectivity index (χ4n) is 1.000. The third-order valence-corrected chi connectivity index (χ3v) is 1.63. The number of rotatable bonds is 3. The monoisotopic (exact) mass is 203 g/mol. The van der Waals surface area contributed by atoms with Crippen LogP contribution in [-0.2, 0) is 6.37 Å². The van der Waals surface area contributed by atoms with Crippen molar-refractivity contribution in [3.63, 3.8) is 0 Å². The summed E-state index contributed by atoms with van der Waals surface area (Å²) in [5.74, 6) is -0.411. The molecule has 3 nitrogen and oxygen atoms in total. The highest BCUT2D eigenvalue weighted by Gasteiger charge is 2.13. The van der Waals surface area contributed by atoms with Crippen LogP contribution in [0.1, 0.15) is 24.8 Å². The molecule has 1 unspecified atom stereocenters. The average Bonchev–Trinajstić information content (AvgIpc) is 2.92. The van der Waals surface area contributed by atoms with Crippen LogP contribution < -0.4 is 14.8 Å². The summed E-state index contributed by atoms with van der Waals surface area (Å²) in [6.07, 6.45) is -2.94. The van der Waals surface area contributed by atoms with E-state index in [1.54, 1.807) is 0 Å². The summed E-state index contributed by atoms with van der Waals surface area (Å²) in [7, 11) is 0. The van der Waals surface area contributed by atoms with Gasteiger partial charge in [-0.2, -0.15) is 0 Å². The molecule has 1 heterocycles. The molecule has 1 aromatic rings. The van der Waals surface area contributed by atoms with E-state index in [-0.39, 0.29) is 23.6 Å². The minimum atomic E-state index is -3.09. The minimum absolute atomic E-state index is 0.171. The second-order valence-corrected chi connectivity index (χ2v) is 2.64. The number of nitrogens with one attached hydrogen (secondary N) is 1. The van der Waals surface area contributed by atoms with E-state index in [1.807, 2.05) is 0 Å². The van der Waals surface area contributed by atoms with Crippen molar-refractivity contribution in [2.24, 2.45) is 0 Å². The molecular formula is C11H15NO2.